The summed E-state index contributed by atoms with van der Waals surface area (Å²) in [7, 11) is 0. The van der Waals surface area contributed by atoms with Crippen molar-refractivity contribution in [3.8, 4) is 11.1 Å². The van der Waals surface area contributed by atoms with E-state index in [0.29, 0.717) is 0 Å². The summed E-state index contributed by atoms with van der Waals surface area (Å²) in [5.74, 6) is 0. The van der Waals surface area contributed by atoms with Gasteiger partial charge in [0.2, 0.25) is 0 Å². The van der Waals surface area contributed by atoms with Gasteiger partial charge in [0.15, 0.2) is 0 Å². The van der Waals surface area contributed by atoms with Gasteiger partial charge in [-0.25, -0.2) is 0 Å². The number of allylic oxidation sites excluding steroid dienone is 4. The first-order valence-corrected chi connectivity index (χ1v) is 9.12. The normalized spacial score (nSPS) is 18.1. The lowest BCUT2D eigenvalue weighted by molar-refractivity contribution is 0.714. The second kappa shape index (κ2) is 4.61. The summed E-state index contributed by atoms with van der Waals surface area (Å²) in [5, 5.41) is 0. The van der Waals surface area contributed by atoms with Gasteiger partial charge in [-0.15, -0.1) is 0 Å². The molecule has 3 aliphatic carbocycles. The van der Waals surface area contributed by atoms with Crippen molar-refractivity contribution in [1.29, 1.82) is 0 Å². The second-order valence-electron chi connectivity index (χ2n) is 7.22. The number of benzene rings is 3. The van der Waals surface area contributed by atoms with Crippen LogP contribution in [0, 0.1) is 0 Å². The molecule has 0 atom stereocenters. The van der Waals surface area contributed by atoms with E-state index < -0.39 is 0 Å². The van der Waals surface area contributed by atoms with Crippen LogP contribution in [-0.2, 0) is 5.41 Å². The van der Waals surface area contributed by atoms with E-state index in [2.05, 4.69) is 84.9 Å². The highest BCUT2D eigenvalue weighted by atomic mass is 14.5. The Bertz CT molecular complexity index is 1050. The molecular formula is C25H18. The highest BCUT2D eigenvalue weighted by molar-refractivity contribution is 5.96. The van der Waals surface area contributed by atoms with Crippen LogP contribution in [0.2, 0.25) is 0 Å². The maximum Gasteiger partial charge on any atom is 0.0688 e. The average molecular weight is 318 g/mol. The molecule has 0 aliphatic heterocycles. The summed E-state index contributed by atoms with van der Waals surface area (Å²) < 4.78 is 0. The highest BCUT2D eigenvalue weighted by Crippen LogP contribution is 2.63. The van der Waals surface area contributed by atoms with Crippen molar-refractivity contribution < 1.29 is 0 Å². The highest BCUT2D eigenvalue weighted by Gasteiger charge is 2.52. The molecule has 3 aromatic rings. The van der Waals surface area contributed by atoms with Gasteiger partial charge in [-0.2, -0.15) is 0 Å². The molecule has 0 N–H and O–H groups in total. The Morgan fingerprint density at radius 2 is 1.12 bits per heavy atom. The molecule has 1 spiro atoms. The van der Waals surface area contributed by atoms with Gasteiger partial charge < -0.3 is 0 Å². The van der Waals surface area contributed by atoms with Gasteiger partial charge in [-0.3, -0.25) is 0 Å². The van der Waals surface area contributed by atoms with Crippen LogP contribution in [0.5, 0.6) is 0 Å². The summed E-state index contributed by atoms with van der Waals surface area (Å²) in [6, 6.07) is 27.1. The van der Waals surface area contributed by atoms with Crippen molar-refractivity contribution in [2.24, 2.45) is 0 Å². The van der Waals surface area contributed by atoms with Crippen LogP contribution in [-0.4, -0.2) is 0 Å². The largest absolute Gasteiger partial charge is 0.0836 e. The van der Waals surface area contributed by atoms with E-state index in [1.165, 1.54) is 39.0 Å². The van der Waals surface area contributed by atoms with Crippen molar-refractivity contribution in [3.05, 3.63) is 113 Å². The van der Waals surface area contributed by atoms with E-state index in [1.807, 2.05) is 0 Å². The molecule has 0 heteroatoms. The van der Waals surface area contributed by atoms with E-state index in [9.17, 15) is 0 Å². The van der Waals surface area contributed by atoms with Gasteiger partial charge in [0.25, 0.3) is 0 Å². The number of hydrogen-bond acceptors (Lipinski definition) is 0. The Hall–Kier alpha value is -2.86. The lowest BCUT2D eigenvalue weighted by Crippen LogP contribution is -2.27. The summed E-state index contributed by atoms with van der Waals surface area (Å²) in [6.07, 6.45) is 6.97. The Morgan fingerprint density at radius 3 is 1.76 bits per heavy atom. The zero-order valence-electron chi connectivity index (χ0n) is 14.0. The Balaban J connectivity index is 1.84. The zero-order valence-corrected chi connectivity index (χ0v) is 14.0. The first kappa shape index (κ1) is 13.4. The third kappa shape index (κ3) is 1.45. The van der Waals surface area contributed by atoms with Crippen LogP contribution in [0.15, 0.2) is 90.5 Å². The summed E-state index contributed by atoms with van der Waals surface area (Å²) in [4.78, 5) is 0. The van der Waals surface area contributed by atoms with E-state index in [4.69, 9.17) is 0 Å². The molecule has 0 heterocycles. The van der Waals surface area contributed by atoms with E-state index >= 15 is 0 Å². The van der Waals surface area contributed by atoms with Crippen LogP contribution in [0.1, 0.15) is 35.1 Å². The molecule has 0 unspecified atom stereocenters. The maximum absolute atomic E-state index is 2.36. The van der Waals surface area contributed by atoms with Crippen LogP contribution >= 0.6 is 0 Å². The Labute approximate surface area is 148 Å². The molecule has 6 rings (SSSR count). The van der Waals surface area contributed by atoms with Crippen LogP contribution < -0.4 is 0 Å². The summed E-state index contributed by atoms with van der Waals surface area (Å²) in [6.45, 7) is 0. The Kier molecular flexibility index (Phi) is 2.48. The molecule has 25 heavy (non-hydrogen) atoms. The third-order valence-corrected chi connectivity index (χ3v) is 6.20. The topological polar surface area (TPSA) is 0 Å². The van der Waals surface area contributed by atoms with E-state index in [1.54, 1.807) is 5.57 Å². The number of hydrogen-bond donors (Lipinski definition) is 0. The summed E-state index contributed by atoms with van der Waals surface area (Å²) in [5.41, 5.74) is 11.6. The van der Waals surface area contributed by atoms with Crippen molar-refractivity contribution in [2.45, 2.75) is 18.3 Å². The van der Waals surface area contributed by atoms with E-state index in [0.717, 1.165) is 12.8 Å². The second-order valence-corrected chi connectivity index (χ2v) is 7.22. The summed E-state index contributed by atoms with van der Waals surface area (Å²) >= 11 is 0. The van der Waals surface area contributed by atoms with Gasteiger partial charge in [-0.05, 0) is 57.4 Å². The fourth-order valence-electron chi connectivity index (χ4n) is 5.36. The smallest absolute Gasteiger partial charge is 0.0688 e. The first-order chi connectivity index (χ1) is 12.4. The lowest BCUT2D eigenvalue weighted by atomic mass is 9.68. The van der Waals surface area contributed by atoms with Crippen LogP contribution in [0.25, 0.3) is 16.7 Å². The predicted octanol–water partition coefficient (Wildman–Crippen LogP) is 6.12. The van der Waals surface area contributed by atoms with Gasteiger partial charge in [-0.1, -0.05) is 84.9 Å². The maximum atomic E-state index is 2.36. The molecule has 0 nitrogen and oxygen atoms in total. The fraction of sp³-hybridized carbons (Fsp3) is 0.120. The standard InChI is InChI=1S/C25H18/c1-5-13-21-17(9-1)18-10-2-6-14-22(18)25(21)23-15-7-3-11-19(23)20-12-4-8-16-24(20)25/h1-7,9-15H,8,16H2. The van der Waals surface area contributed by atoms with Crippen molar-refractivity contribution >= 4 is 5.57 Å². The minimum absolute atomic E-state index is 0.0934. The number of rotatable bonds is 0. The van der Waals surface area contributed by atoms with E-state index in [-0.39, 0.29) is 5.41 Å². The van der Waals surface area contributed by atoms with Gasteiger partial charge in [0.05, 0.1) is 5.41 Å². The molecule has 0 fully saturated rings. The molecule has 0 amide bonds. The van der Waals surface area contributed by atoms with Crippen LogP contribution in [0.3, 0.4) is 0 Å². The first-order valence-electron chi connectivity index (χ1n) is 9.12. The molecule has 0 saturated heterocycles. The van der Waals surface area contributed by atoms with Crippen molar-refractivity contribution in [2.75, 3.05) is 0 Å². The molecule has 3 aromatic carbocycles. The monoisotopic (exact) mass is 318 g/mol. The number of fused-ring (bicyclic) bond motifs is 9. The average Bonchev–Trinajstić information content (AvgIpc) is 3.16. The van der Waals surface area contributed by atoms with Gasteiger partial charge >= 0.3 is 0 Å². The van der Waals surface area contributed by atoms with Crippen LogP contribution in [0.4, 0.5) is 0 Å². The third-order valence-electron chi connectivity index (χ3n) is 6.20. The van der Waals surface area contributed by atoms with Crippen molar-refractivity contribution in [1.82, 2.24) is 0 Å². The lowest BCUT2D eigenvalue weighted by Gasteiger charge is -2.33. The molecule has 0 aromatic heterocycles. The van der Waals surface area contributed by atoms with Gasteiger partial charge in [0, 0.05) is 0 Å². The quantitative estimate of drug-likeness (QED) is 0.468. The molecular weight excluding hydrogens is 300 g/mol. The fourth-order valence-corrected chi connectivity index (χ4v) is 5.36. The molecule has 0 saturated carbocycles. The minimum Gasteiger partial charge on any atom is -0.0836 e. The van der Waals surface area contributed by atoms with Gasteiger partial charge in [0.1, 0.15) is 0 Å². The molecule has 0 radical (unpaired) electrons. The molecule has 118 valence electrons. The zero-order chi connectivity index (χ0) is 16.4. The SMILES string of the molecule is C1=CC2=C(CC1)C1(c3ccccc32)c2ccccc2-c2ccccc21. The predicted molar refractivity (Wildman–Crippen MR) is 103 cm³/mol. The van der Waals surface area contributed by atoms with Crippen molar-refractivity contribution in [3.63, 3.8) is 0 Å². The Morgan fingerprint density at radius 1 is 0.600 bits per heavy atom. The minimum atomic E-state index is -0.0934. The molecule has 0 bridgehead atoms. The molecule has 3 aliphatic rings.